The number of benzene rings is 1. The van der Waals surface area contributed by atoms with Gasteiger partial charge in [-0.3, -0.25) is 14.5 Å². The Morgan fingerprint density at radius 1 is 1.22 bits per heavy atom. The second-order valence-electron chi connectivity index (χ2n) is 7.67. The molecule has 1 N–H and O–H groups in total. The number of anilines is 1. The van der Waals surface area contributed by atoms with Gasteiger partial charge in [-0.05, 0) is 38.8 Å². The smallest absolute Gasteiger partial charge is 0.324 e. The van der Waals surface area contributed by atoms with Gasteiger partial charge in [-0.15, -0.1) is 11.3 Å². The molecule has 0 spiro atoms. The minimum Gasteiger partial charge on any atom is -0.451 e. The predicted octanol–water partition coefficient (Wildman–Crippen LogP) is 3.25. The second-order valence-corrected chi connectivity index (χ2v) is 10.2. The first-order valence-electron chi connectivity index (χ1n) is 10.4. The fourth-order valence-corrected chi connectivity index (χ4v) is 5.62. The van der Waals surface area contributed by atoms with Crippen LogP contribution in [0.3, 0.4) is 0 Å². The van der Waals surface area contributed by atoms with Gasteiger partial charge in [0.15, 0.2) is 11.2 Å². The summed E-state index contributed by atoms with van der Waals surface area (Å²) in [6.45, 7) is 2.72. The summed E-state index contributed by atoms with van der Waals surface area (Å²) in [5.41, 5.74) is 0. The van der Waals surface area contributed by atoms with Gasteiger partial charge in [-0.1, -0.05) is 31.4 Å². The molecule has 0 aliphatic heterocycles. The number of rotatable bonds is 8. The first-order chi connectivity index (χ1) is 15.2. The number of carbonyl (C=O) groups is 2. The number of nitrogens with zero attached hydrogens (tertiary/aromatic N) is 2. The van der Waals surface area contributed by atoms with Crippen molar-refractivity contribution < 1.29 is 27.1 Å². The van der Waals surface area contributed by atoms with E-state index in [1.165, 1.54) is 37.3 Å². The van der Waals surface area contributed by atoms with E-state index in [2.05, 4.69) is 9.71 Å². The van der Waals surface area contributed by atoms with Crippen LogP contribution >= 0.6 is 11.3 Å². The summed E-state index contributed by atoms with van der Waals surface area (Å²) in [6.07, 6.45) is 5.26. The highest BCUT2D eigenvalue weighted by Gasteiger charge is 2.34. The Morgan fingerprint density at radius 3 is 2.53 bits per heavy atom. The average Bonchev–Trinajstić information content (AvgIpc) is 3.28. The molecule has 32 heavy (non-hydrogen) atoms. The van der Waals surface area contributed by atoms with Crippen LogP contribution in [-0.4, -0.2) is 43.5 Å². The molecule has 11 heteroatoms. The number of amides is 1. The van der Waals surface area contributed by atoms with Crippen LogP contribution in [0.1, 0.15) is 46.0 Å². The number of ether oxygens (including phenoxy) is 1. The molecular weight excluding hydrogens is 457 g/mol. The first kappa shape index (κ1) is 24.3. The monoisotopic (exact) mass is 483 g/mol. The fraction of sp³-hybridized carbons (Fsp3) is 0.476. The van der Waals surface area contributed by atoms with E-state index >= 15 is 0 Å². The third kappa shape index (κ3) is 5.70. The third-order valence-electron chi connectivity index (χ3n) is 5.25. The van der Waals surface area contributed by atoms with Crippen LogP contribution < -0.4 is 9.62 Å². The van der Waals surface area contributed by atoms with Crippen molar-refractivity contribution in [3.05, 3.63) is 41.7 Å². The van der Waals surface area contributed by atoms with Crippen LogP contribution in [0.15, 0.2) is 40.7 Å². The molecule has 1 aromatic heterocycles. The van der Waals surface area contributed by atoms with E-state index in [1.54, 1.807) is 16.5 Å². The molecule has 1 aliphatic carbocycles. The SMILES string of the molecule is C[C@H](NS(=O)(=O)c1ccccc1F)C(=O)O[C@H](C)C(=O)N(c1nccs1)C1CCCCC1. The molecule has 1 aromatic carbocycles. The summed E-state index contributed by atoms with van der Waals surface area (Å²) < 4.78 is 46.1. The molecule has 0 radical (unpaired) electrons. The fourth-order valence-electron chi connectivity index (χ4n) is 3.63. The Kier molecular flexibility index (Phi) is 7.96. The summed E-state index contributed by atoms with van der Waals surface area (Å²) in [5.74, 6) is -2.28. The molecular formula is C21H26FN3O5S2. The zero-order valence-corrected chi connectivity index (χ0v) is 19.5. The van der Waals surface area contributed by atoms with E-state index in [1.807, 2.05) is 0 Å². The van der Waals surface area contributed by atoms with Gasteiger partial charge >= 0.3 is 5.97 Å². The molecule has 8 nitrogen and oxygen atoms in total. The van der Waals surface area contributed by atoms with Crippen LogP contribution in [0.25, 0.3) is 0 Å². The summed E-state index contributed by atoms with van der Waals surface area (Å²) in [5, 5.41) is 2.31. The van der Waals surface area contributed by atoms with E-state index in [9.17, 15) is 22.4 Å². The van der Waals surface area contributed by atoms with Gasteiger partial charge in [0.2, 0.25) is 10.0 Å². The lowest BCUT2D eigenvalue weighted by molar-refractivity contribution is -0.155. The van der Waals surface area contributed by atoms with E-state index in [0.29, 0.717) is 5.13 Å². The van der Waals surface area contributed by atoms with Crippen molar-refractivity contribution in [2.45, 2.75) is 69.0 Å². The van der Waals surface area contributed by atoms with Gasteiger partial charge in [-0.2, -0.15) is 4.72 Å². The van der Waals surface area contributed by atoms with Crippen LogP contribution in [-0.2, 0) is 24.3 Å². The Balaban J connectivity index is 1.68. The largest absolute Gasteiger partial charge is 0.451 e. The first-order valence-corrected chi connectivity index (χ1v) is 12.8. The van der Waals surface area contributed by atoms with Crippen molar-refractivity contribution in [1.82, 2.24) is 9.71 Å². The van der Waals surface area contributed by atoms with Gasteiger partial charge in [0.1, 0.15) is 16.8 Å². The van der Waals surface area contributed by atoms with Crippen LogP contribution in [0, 0.1) is 5.82 Å². The van der Waals surface area contributed by atoms with E-state index in [-0.39, 0.29) is 6.04 Å². The van der Waals surface area contributed by atoms with Crippen molar-refractivity contribution in [3.8, 4) is 0 Å². The number of thiazole rings is 1. The minimum absolute atomic E-state index is 0.0273. The predicted molar refractivity (Wildman–Crippen MR) is 118 cm³/mol. The molecule has 0 saturated heterocycles. The lowest BCUT2D eigenvalue weighted by Crippen LogP contribution is -2.48. The van der Waals surface area contributed by atoms with Gasteiger partial charge in [-0.25, -0.2) is 17.8 Å². The molecule has 1 fully saturated rings. The highest BCUT2D eigenvalue weighted by Crippen LogP contribution is 2.29. The zero-order valence-electron chi connectivity index (χ0n) is 17.9. The summed E-state index contributed by atoms with van der Waals surface area (Å²) in [4.78, 5) is 31.0. The maximum absolute atomic E-state index is 13.9. The number of sulfonamides is 1. The number of aromatic nitrogens is 1. The molecule has 2 atom stereocenters. The maximum Gasteiger partial charge on any atom is 0.324 e. The van der Waals surface area contributed by atoms with E-state index in [4.69, 9.17) is 4.74 Å². The molecule has 1 heterocycles. The average molecular weight is 484 g/mol. The van der Waals surface area contributed by atoms with Gasteiger partial charge in [0.05, 0.1) is 0 Å². The molecule has 1 saturated carbocycles. The molecule has 3 rings (SSSR count). The van der Waals surface area contributed by atoms with Crippen molar-refractivity contribution >= 4 is 38.4 Å². The number of hydrogen-bond donors (Lipinski definition) is 1. The maximum atomic E-state index is 13.9. The van der Waals surface area contributed by atoms with Crippen LogP contribution in [0.4, 0.5) is 9.52 Å². The van der Waals surface area contributed by atoms with E-state index < -0.39 is 44.8 Å². The zero-order chi connectivity index (χ0) is 23.3. The minimum atomic E-state index is -4.29. The summed E-state index contributed by atoms with van der Waals surface area (Å²) in [7, 11) is -4.29. The van der Waals surface area contributed by atoms with Crippen molar-refractivity contribution in [2.24, 2.45) is 0 Å². The number of halogens is 1. The lowest BCUT2D eigenvalue weighted by atomic mass is 9.94. The van der Waals surface area contributed by atoms with Crippen molar-refractivity contribution in [2.75, 3.05) is 4.90 Å². The third-order valence-corrected chi connectivity index (χ3v) is 7.60. The number of hydrogen-bond acceptors (Lipinski definition) is 7. The summed E-state index contributed by atoms with van der Waals surface area (Å²) >= 11 is 1.33. The molecule has 0 unspecified atom stereocenters. The van der Waals surface area contributed by atoms with Crippen molar-refractivity contribution in [1.29, 1.82) is 0 Å². The Labute approximate surface area is 190 Å². The van der Waals surface area contributed by atoms with Crippen molar-refractivity contribution in [3.63, 3.8) is 0 Å². The standard InChI is InChI=1S/C21H26FN3O5S2/c1-14(24-32(28,29)18-11-7-6-10-17(18)22)20(27)30-15(2)19(26)25(21-23-12-13-31-21)16-8-4-3-5-9-16/h6-7,10-16,24H,3-5,8-9H2,1-2H3/t14-,15+/m0/s1. The molecule has 174 valence electrons. The molecule has 1 aliphatic rings. The molecule has 1 amide bonds. The van der Waals surface area contributed by atoms with Crippen LogP contribution in [0.5, 0.6) is 0 Å². The Bertz CT molecular complexity index is 1040. The Hall–Kier alpha value is -2.37. The molecule has 0 bridgehead atoms. The van der Waals surface area contributed by atoms with Crippen LogP contribution in [0.2, 0.25) is 0 Å². The normalized spacial score (nSPS) is 16.8. The lowest BCUT2D eigenvalue weighted by Gasteiger charge is -2.34. The van der Waals surface area contributed by atoms with Gasteiger partial charge < -0.3 is 4.74 Å². The Morgan fingerprint density at radius 2 is 1.91 bits per heavy atom. The topological polar surface area (TPSA) is 106 Å². The van der Waals surface area contributed by atoms with E-state index in [0.717, 1.165) is 44.2 Å². The summed E-state index contributed by atoms with van der Waals surface area (Å²) in [6, 6.07) is 3.49. The second kappa shape index (κ2) is 10.5. The highest BCUT2D eigenvalue weighted by molar-refractivity contribution is 7.89. The number of nitrogens with one attached hydrogen (secondary N) is 1. The van der Waals surface area contributed by atoms with Gasteiger partial charge in [0, 0.05) is 17.6 Å². The quantitative estimate of drug-likeness (QED) is 0.578. The number of carbonyl (C=O) groups excluding carboxylic acids is 2. The van der Waals surface area contributed by atoms with Gasteiger partial charge in [0.25, 0.3) is 5.91 Å². The highest BCUT2D eigenvalue weighted by atomic mass is 32.2. The molecule has 2 aromatic rings. The number of esters is 1.